The van der Waals surface area contributed by atoms with Crippen molar-refractivity contribution in [1.82, 2.24) is 4.90 Å². The minimum atomic E-state index is 0.867. The number of ether oxygens (including phenoxy) is 1. The lowest BCUT2D eigenvalue weighted by molar-refractivity contribution is 0.335. The molecule has 140 valence electrons. The molecule has 28 heavy (non-hydrogen) atoms. The molecule has 0 bridgehead atoms. The highest BCUT2D eigenvalue weighted by molar-refractivity contribution is 5.67. The summed E-state index contributed by atoms with van der Waals surface area (Å²) >= 11 is 0. The molecule has 3 aromatic carbocycles. The molecule has 0 atom stereocenters. The number of benzene rings is 3. The second-order valence-electron chi connectivity index (χ2n) is 6.99. The van der Waals surface area contributed by atoms with E-state index >= 15 is 0 Å². The van der Waals surface area contributed by atoms with Crippen molar-refractivity contribution in [1.29, 1.82) is 0 Å². The van der Waals surface area contributed by atoms with Crippen LogP contribution in [0.4, 0.5) is 0 Å². The Morgan fingerprint density at radius 3 is 2.14 bits per heavy atom. The molecule has 0 fully saturated rings. The highest BCUT2D eigenvalue weighted by atomic mass is 16.5. The van der Waals surface area contributed by atoms with Crippen molar-refractivity contribution >= 4 is 11.6 Å². The van der Waals surface area contributed by atoms with Gasteiger partial charge in [-0.2, -0.15) is 0 Å². The van der Waals surface area contributed by atoms with Crippen LogP contribution >= 0.6 is 0 Å². The molecule has 0 radical (unpaired) electrons. The van der Waals surface area contributed by atoms with E-state index in [9.17, 15) is 0 Å². The summed E-state index contributed by atoms with van der Waals surface area (Å²) in [6.07, 6.45) is 7.89. The van der Waals surface area contributed by atoms with Gasteiger partial charge in [0.05, 0.1) is 0 Å². The Morgan fingerprint density at radius 2 is 1.46 bits per heavy atom. The predicted molar refractivity (Wildman–Crippen MR) is 117 cm³/mol. The van der Waals surface area contributed by atoms with Crippen molar-refractivity contribution in [3.8, 4) is 11.5 Å². The molecule has 0 unspecified atom stereocenters. The van der Waals surface area contributed by atoms with Crippen LogP contribution in [0.1, 0.15) is 17.5 Å². The largest absolute Gasteiger partial charge is 0.457 e. The summed E-state index contributed by atoms with van der Waals surface area (Å²) in [6.45, 7) is 3.08. The molecule has 0 N–H and O–H groups in total. The maximum atomic E-state index is 5.88. The first-order valence-corrected chi connectivity index (χ1v) is 9.83. The van der Waals surface area contributed by atoms with Crippen LogP contribution < -0.4 is 4.74 Å². The summed E-state index contributed by atoms with van der Waals surface area (Å²) in [5.74, 6) is 1.74. The summed E-state index contributed by atoms with van der Waals surface area (Å²) in [7, 11) is 0. The van der Waals surface area contributed by atoms with Gasteiger partial charge >= 0.3 is 0 Å². The van der Waals surface area contributed by atoms with Gasteiger partial charge in [0.15, 0.2) is 0 Å². The molecular weight excluding hydrogens is 342 g/mol. The Kier molecular flexibility index (Phi) is 6.01. The lowest BCUT2D eigenvalue weighted by Crippen LogP contribution is -2.28. The fraction of sp³-hybridized carbons (Fsp3) is 0.154. The summed E-state index contributed by atoms with van der Waals surface area (Å²) < 4.78 is 5.88. The van der Waals surface area contributed by atoms with Crippen molar-refractivity contribution in [2.75, 3.05) is 19.6 Å². The summed E-state index contributed by atoms with van der Waals surface area (Å²) in [4.78, 5) is 2.47. The van der Waals surface area contributed by atoms with E-state index in [1.165, 1.54) is 16.7 Å². The molecule has 3 aromatic rings. The van der Waals surface area contributed by atoms with E-state index in [-0.39, 0.29) is 0 Å². The van der Waals surface area contributed by atoms with Crippen molar-refractivity contribution < 1.29 is 4.74 Å². The standard InChI is InChI=1S/C26H25NO/c1-3-8-22(9-4-1)10-7-19-27-20-17-24(18-21-27)23-13-15-26(16-14-23)28-25-11-5-2-6-12-25/h1-17H,18-21H2/b10-7+. The van der Waals surface area contributed by atoms with Crippen LogP contribution in [0.25, 0.3) is 11.6 Å². The predicted octanol–water partition coefficient (Wildman–Crippen LogP) is 6.28. The Hall–Kier alpha value is -3.10. The van der Waals surface area contributed by atoms with Crippen LogP contribution in [0.15, 0.2) is 97.1 Å². The fourth-order valence-corrected chi connectivity index (χ4v) is 3.40. The van der Waals surface area contributed by atoms with Crippen LogP contribution in [0.2, 0.25) is 0 Å². The van der Waals surface area contributed by atoms with Gasteiger partial charge in [0.25, 0.3) is 0 Å². The van der Waals surface area contributed by atoms with Crippen LogP contribution in [0.5, 0.6) is 11.5 Å². The molecule has 2 heteroatoms. The average molecular weight is 367 g/mol. The summed E-state index contributed by atoms with van der Waals surface area (Å²) in [5.41, 5.74) is 3.97. The molecule has 4 rings (SSSR count). The SMILES string of the molecule is C1=C(c2ccc(Oc3ccccc3)cc2)CCN(C/C=C/c2ccccc2)C1. The van der Waals surface area contributed by atoms with Crippen molar-refractivity contribution in [3.63, 3.8) is 0 Å². The maximum absolute atomic E-state index is 5.88. The Bertz CT molecular complexity index is 927. The first-order chi connectivity index (χ1) is 13.9. The average Bonchev–Trinajstić information content (AvgIpc) is 2.76. The third-order valence-electron chi connectivity index (χ3n) is 4.97. The van der Waals surface area contributed by atoms with Crippen molar-refractivity contribution in [3.05, 3.63) is 108 Å². The minimum absolute atomic E-state index is 0.867. The smallest absolute Gasteiger partial charge is 0.127 e. The van der Waals surface area contributed by atoms with E-state index < -0.39 is 0 Å². The quantitative estimate of drug-likeness (QED) is 0.508. The van der Waals surface area contributed by atoms with Crippen molar-refractivity contribution in [2.45, 2.75) is 6.42 Å². The summed E-state index contributed by atoms with van der Waals surface area (Å²) in [6, 6.07) is 28.8. The number of hydrogen-bond acceptors (Lipinski definition) is 2. The maximum Gasteiger partial charge on any atom is 0.127 e. The number of para-hydroxylation sites is 1. The number of hydrogen-bond donors (Lipinski definition) is 0. The Labute approximate surface area is 167 Å². The molecular formula is C26H25NO. The van der Waals surface area contributed by atoms with E-state index in [1.807, 2.05) is 30.3 Å². The van der Waals surface area contributed by atoms with Gasteiger partial charge in [-0.25, -0.2) is 0 Å². The van der Waals surface area contributed by atoms with Gasteiger partial charge in [0.1, 0.15) is 11.5 Å². The first-order valence-electron chi connectivity index (χ1n) is 9.83. The molecule has 1 heterocycles. The first kappa shape index (κ1) is 18.3. The Morgan fingerprint density at radius 1 is 0.786 bits per heavy atom. The van der Waals surface area contributed by atoms with Crippen LogP contribution in [-0.2, 0) is 0 Å². The zero-order valence-electron chi connectivity index (χ0n) is 16.0. The van der Waals surface area contributed by atoms with Crippen molar-refractivity contribution in [2.24, 2.45) is 0 Å². The third-order valence-corrected chi connectivity index (χ3v) is 4.97. The normalized spacial score (nSPS) is 14.8. The van der Waals surface area contributed by atoms with Gasteiger partial charge in [0.2, 0.25) is 0 Å². The van der Waals surface area contributed by atoms with Gasteiger partial charge in [-0.05, 0) is 47.4 Å². The molecule has 0 amide bonds. The molecule has 0 aliphatic carbocycles. The summed E-state index contributed by atoms with van der Waals surface area (Å²) in [5, 5.41) is 0. The molecule has 0 saturated carbocycles. The molecule has 2 nitrogen and oxygen atoms in total. The third kappa shape index (κ3) is 4.99. The monoisotopic (exact) mass is 367 g/mol. The van der Waals surface area contributed by atoms with Gasteiger partial charge < -0.3 is 4.74 Å². The van der Waals surface area contributed by atoms with Crippen LogP contribution in [0.3, 0.4) is 0 Å². The van der Waals surface area contributed by atoms with E-state index in [0.717, 1.165) is 37.6 Å². The number of nitrogens with zero attached hydrogens (tertiary/aromatic N) is 1. The second kappa shape index (κ2) is 9.20. The van der Waals surface area contributed by atoms with Crippen LogP contribution in [-0.4, -0.2) is 24.5 Å². The molecule has 1 aliphatic heterocycles. The lowest BCUT2D eigenvalue weighted by atomic mass is 9.99. The molecule has 0 spiro atoms. The fourth-order valence-electron chi connectivity index (χ4n) is 3.40. The highest BCUT2D eigenvalue weighted by Gasteiger charge is 2.12. The molecule has 1 aliphatic rings. The van der Waals surface area contributed by atoms with Crippen LogP contribution in [0, 0.1) is 0 Å². The van der Waals surface area contributed by atoms with Gasteiger partial charge in [0, 0.05) is 19.6 Å². The van der Waals surface area contributed by atoms with Gasteiger partial charge in [-0.15, -0.1) is 0 Å². The van der Waals surface area contributed by atoms with E-state index in [0.29, 0.717) is 0 Å². The van der Waals surface area contributed by atoms with Gasteiger partial charge in [-0.1, -0.05) is 78.9 Å². The van der Waals surface area contributed by atoms with E-state index in [1.54, 1.807) is 0 Å². The zero-order chi connectivity index (χ0) is 19.0. The zero-order valence-corrected chi connectivity index (χ0v) is 16.0. The minimum Gasteiger partial charge on any atom is -0.457 e. The molecule has 0 aromatic heterocycles. The van der Waals surface area contributed by atoms with Gasteiger partial charge in [-0.3, -0.25) is 4.90 Å². The number of rotatable bonds is 6. The molecule has 0 saturated heterocycles. The van der Waals surface area contributed by atoms with E-state index in [2.05, 4.69) is 77.7 Å². The topological polar surface area (TPSA) is 12.5 Å². The van der Waals surface area contributed by atoms with E-state index in [4.69, 9.17) is 4.74 Å². The Balaban J connectivity index is 1.31. The highest BCUT2D eigenvalue weighted by Crippen LogP contribution is 2.26. The lowest BCUT2D eigenvalue weighted by Gasteiger charge is -2.25. The second-order valence-corrected chi connectivity index (χ2v) is 6.99.